The van der Waals surface area contributed by atoms with E-state index in [2.05, 4.69) is 5.10 Å². The van der Waals surface area contributed by atoms with E-state index in [-0.39, 0.29) is 16.9 Å². The number of benzene rings is 3. The van der Waals surface area contributed by atoms with Crippen molar-refractivity contribution in [3.05, 3.63) is 124 Å². The molecule has 1 N–H and O–H groups in total. The van der Waals surface area contributed by atoms with Gasteiger partial charge in [0.25, 0.3) is 5.56 Å². The second-order valence-corrected chi connectivity index (χ2v) is 6.71. The van der Waals surface area contributed by atoms with Gasteiger partial charge < -0.3 is 0 Å². The highest BCUT2D eigenvalue weighted by Gasteiger charge is 2.29. The Hall–Kier alpha value is -3.66. The van der Waals surface area contributed by atoms with Gasteiger partial charge in [0.05, 0.1) is 11.6 Å². The fourth-order valence-electron chi connectivity index (χ4n) is 3.53. The average Bonchev–Trinajstić information content (AvgIpc) is 3.04. The molecule has 4 heteroatoms. The first-order chi connectivity index (χ1) is 13.7. The van der Waals surface area contributed by atoms with Crippen molar-refractivity contribution in [2.24, 2.45) is 0 Å². The second-order valence-electron chi connectivity index (χ2n) is 6.71. The maximum Gasteiger partial charge on any atom is 0.282 e. The predicted octanol–water partition coefficient (Wildman–Crippen LogP) is 4.49. The zero-order valence-corrected chi connectivity index (χ0v) is 15.5. The van der Waals surface area contributed by atoms with E-state index in [4.69, 9.17) is 0 Å². The predicted molar refractivity (Wildman–Crippen MR) is 110 cm³/mol. The van der Waals surface area contributed by atoms with Gasteiger partial charge in [-0.15, -0.1) is 0 Å². The van der Waals surface area contributed by atoms with Crippen LogP contribution in [0, 0.1) is 6.92 Å². The van der Waals surface area contributed by atoms with E-state index in [9.17, 15) is 9.59 Å². The quantitative estimate of drug-likeness (QED) is 0.528. The minimum absolute atomic E-state index is 0.196. The van der Waals surface area contributed by atoms with Crippen molar-refractivity contribution >= 4 is 5.78 Å². The standard InChI is InChI=1S/C24H20N2O2/c1-17-21(24(28)26(25-17)20-15-9-4-10-16-20)23(27)22(18-11-5-2-6-12-18)19-13-7-3-8-14-19/h2-16,22,25H,1H3. The molecular weight excluding hydrogens is 348 g/mol. The molecule has 0 bridgehead atoms. The molecule has 1 heterocycles. The maximum absolute atomic E-state index is 13.6. The van der Waals surface area contributed by atoms with Gasteiger partial charge in [-0.2, -0.15) is 0 Å². The van der Waals surface area contributed by atoms with Crippen molar-refractivity contribution in [3.8, 4) is 5.69 Å². The third-order valence-corrected chi connectivity index (χ3v) is 4.86. The van der Waals surface area contributed by atoms with E-state index in [0.29, 0.717) is 11.4 Å². The third kappa shape index (κ3) is 3.21. The molecule has 1 aromatic heterocycles. The molecule has 0 fully saturated rings. The Labute approximate surface area is 163 Å². The number of rotatable bonds is 5. The number of para-hydroxylation sites is 1. The number of Topliss-reactive ketones (excluding diaryl/α,β-unsaturated/α-hetero) is 1. The molecule has 138 valence electrons. The van der Waals surface area contributed by atoms with Crippen molar-refractivity contribution in [1.82, 2.24) is 9.78 Å². The molecule has 0 saturated carbocycles. The number of aromatic amines is 1. The topological polar surface area (TPSA) is 54.9 Å². The Morgan fingerprint density at radius 3 is 1.75 bits per heavy atom. The summed E-state index contributed by atoms with van der Waals surface area (Å²) < 4.78 is 1.43. The molecule has 0 aliphatic rings. The fourth-order valence-corrected chi connectivity index (χ4v) is 3.53. The molecule has 0 radical (unpaired) electrons. The number of nitrogens with zero attached hydrogens (tertiary/aromatic N) is 1. The molecule has 0 amide bonds. The number of H-pyrrole nitrogens is 1. The number of aryl methyl sites for hydroxylation is 1. The smallest absolute Gasteiger partial charge is 0.282 e. The Morgan fingerprint density at radius 1 is 0.786 bits per heavy atom. The first-order valence-electron chi connectivity index (χ1n) is 9.18. The summed E-state index contributed by atoms with van der Waals surface area (Å²) >= 11 is 0. The Balaban J connectivity index is 1.85. The average molecular weight is 368 g/mol. The highest BCUT2D eigenvalue weighted by Crippen LogP contribution is 2.28. The molecular formula is C24H20N2O2. The van der Waals surface area contributed by atoms with E-state index >= 15 is 0 Å². The van der Waals surface area contributed by atoms with Gasteiger partial charge >= 0.3 is 0 Å². The van der Waals surface area contributed by atoms with Crippen LogP contribution in [0.5, 0.6) is 0 Å². The summed E-state index contributed by atoms with van der Waals surface area (Å²) in [7, 11) is 0. The number of carbonyl (C=O) groups is 1. The lowest BCUT2D eigenvalue weighted by Crippen LogP contribution is -2.24. The number of aromatic nitrogens is 2. The summed E-state index contributed by atoms with van der Waals surface area (Å²) in [4.78, 5) is 26.7. The van der Waals surface area contributed by atoms with Crippen LogP contribution < -0.4 is 5.56 Å². The molecule has 4 nitrogen and oxygen atoms in total. The summed E-state index contributed by atoms with van der Waals surface area (Å²) in [6.45, 7) is 1.76. The van der Waals surface area contributed by atoms with Crippen molar-refractivity contribution in [3.63, 3.8) is 0 Å². The number of hydrogen-bond acceptors (Lipinski definition) is 2. The number of carbonyl (C=O) groups excluding carboxylic acids is 1. The van der Waals surface area contributed by atoms with E-state index in [1.54, 1.807) is 6.92 Å². The van der Waals surface area contributed by atoms with Crippen molar-refractivity contribution in [2.45, 2.75) is 12.8 Å². The molecule has 28 heavy (non-hydrogen) atoms. The minimum Gasteiger partial charge on any atom is -0.295 e. The van der Waals surface area contributed by atoms with Crippen LogP contribution in [0.4, 0.5) is 0 Å². The zero-order chi connectivity index (χ0) is 19.5. The number of hydrogen-bond donors (Lipinski definition) is 1. The number of nitrogens with one attached hydrogen (secondary N) is 1. The van der Waals surface area contributed by atoms with Gasteiger partial charge in [-0.1, -0.05) is 78.9 Å². The Bertz CT molecular complexity index is 1100. The first kappa shape index (κ1) is 17.7. The van der Waals surface area contributed by atoms with Crippen LogP contribution in [-0.2, 0) is 0 Å². The Morgan fingerprint density at radius 2 is 1.25 bits per heavy atom. The molecule has 0 saturated heterocycles. The summed E-state index contributed by atoms with van der Waals surface area (Å²) in [5.41, 5.74) is 2.86. The van der Waals surface area contributed by atoms with Gasteiger partial charge in [-0.25, -0.2) is 4.68 Å². The fraction of sp³-hybridized carbons (Fsp3) is 0.0833. The van der Waals surface area contributed by atoms with E-state index in [1.807, 2.05) is 91.0 Å². The van der Waals surface area contributed by atoms with Crippen molar-refractivity contribution in [2.75, 3.05) is 0 Å². The number of ketones is 1. The molecule has 0 spiro atoms. The Kier molecular flexibility index (Phi) is 4.77. The highest BCUT2D eigenvalue weighted by atomic mass is 16.2. The van der Waals surface area contributed by atoms with Gasteiger partial charge in [0.15, 0.2) is 5.78 Å². The lowest BCUT2D eigenvalue weighted by atomic mass is 9.85. The van der Waals surface area contributed by atoms with E-state index < -0.39 is 5.92 Å². The summed E-state index contributed by atoms with van der Waals surface area (Å²) in [5, 5.41) is 3.05. The SMILES string of the molecule is Cc1[nH]n(-c2ccccc2)c(=O)c1C(=O)C(c1ccccc1)c1ccccc1. The van der Waals surface area contributed by atoms with Crippen LogP contribution in [0.1, 0.15) is 33.1 Å². The molecule has 0 unspecified atom stereocenters. The molecule has 0 atom stereocenters. The lowest BCUT2D eigenvalue weighted by molar-refractivity contribution is 0.0972. The van der Waals surface area contributed by atoms with Crippen LogP contribution in [0.2, 0.25) is 0 Å². The monoisotopic (exact) mass is 368 g/mol. The molecule has 3 aromatic carbocycles. The molecule has 4 aromatic rings. The van der Waals surface area contributed by atoms with Crippen molar-refractivity contribution < 1.29 is 4.79 Å². The van der Waals surface area contributed by atoms with Gasteiger partial charge in [-0.3, -0.25) is 14.7 Å². The van der Waals surface area contributed by atoms with Gasteiger partial charge in [0.2, 0.25) is 0 Å². The normalized spacial score (nSPS) is 10.9. The zero-order valence-electron chi connectivity index (χ0n) is 15.5. The lowest BCUT2D eigenvalue weighted by Gasteiger charge is -2.16. The van der Waals surface area contributed by atoms with E-state index in [0.717, 1.165) is 11.1 Å². The van der Waals surface area contributed by atoms with E-state index in [1.165, 1.54) is 4.68 Å². The molecule has 4 rings (SSSR count). The van der Waals surface area contributed by atoms with Crippen LogP contribution in [0.3, 0.4) is 0 Å². The minimum atomic E-state index is -0.533. The maximum atomic E-state index is 13.6. The third-order valence-electron chi connectivity index (χ3n) is 4.86. The summed E-state index contributed by atoms with van der Waals surface area (Å²) in [6.07, 6.45) is 0. The van der Waals surface area contributed by atoms with Crippen LogP contribution in [0.25, 0.3) is 5.69 Å². The molecule has 0 aliphatic heterocycles. The summed E-state index contributed by atoms with van der Waals surface area (Å²) in [5.74, 6) is -0.736. The van der Waals surface area contributed by atoms with Crippen LogP contribution in [0.15, 0.2) is 95.8 Å². The van der Waals surface area contributed by atoms with Gasteiger partial charge in [0, 0.05) is 5.69 Å². The van der Waals surface area contributed by atoms with Crippen LogP contribution >= 0.6 is 0 Å². The highest BCUT2D eigenvalue weighted by molar-refractivity contribution is 6.03. The van der Waals surface area contributed by atoms with Gasteiger partial charge in [-0.05, 0) is 30.2 Å². The van der Waals surface area contributed by atoms with Crippen molar-refractivity contribution in [1.29, 1.82) is 0 Å². The largest absolute Gasteiger partial charge is 0.295 e. The molecule has 0 aliphatic carbocycles. The second kappa shape index (κ2) is 7.53. The summed E-state index contributed by atoms with van der Waals surface area (Å²) in [6, 6.07) is 28.4. The van der Waals surface area contributed by atoms with Gasteiger partial charge in [0.1, 0.15) is 5.56 Å². The first-order valence-corrected chi connectivity index (χ1v) is 9.18. The van der Waals surface area contributed by atoms with Crippen LogP contribution in [-0.4, -0.2) is 15.6 Å².